The van der Waals surface area contributed by atoms with Crippen LogP contribution in [0, 0.1) is 0 Å². The first-order valence-corrected chi connectivity index (χ1v) is 4.88. The molecule has 5 nitrogen and oxygen atoms in total. The number of hydrogen-bond acceptors (Lipinski definition) is 5. The van der Waals surface area contributed by atoms with Crippen LogP contribution in [0.2, 0.25) is 0 Å². The molecule has 0 aliphatic rings. The highest BCUT2D eigenvalue weighted by molar-refractivity contribution is 5.69. The zero-order valence-electron chi connectivity index (χ0n) is 9.08. The van der Waals surface area contributed by atoms with E-state index in [4.69, 9.17) is 10.5 Å². The molecule has 0 bridgehead atoms. The number of rotatable bonds is 8. The van der Waals surface area contributed by atoms with Gasteiger partial charge < -0.3 is 20.7 Å². The molecule has 5 heteroatoms. The van der Waals surface area contributed by atoms with Gasteiger partial charge in [-0.15, -0.1) is 0 Å². The molecule has 14 heavy (non-hydrogen) atoms. The molecule has 0 saturated carbocycles. The van der Waals surface area contributed by atoms with E-state index in [0.717, 1.165) is 13.1 Å². The lowest BCUT2D eigenvalue weighted by Crippen LogP contribution is -2.26. The van der Waals surface area contributed by atoms with E-state index in [9.17, 15) is 4.79 Å². The molecule has 0 atom stereocenters. The van der Waals surface area contributed by atoms with Crippen LogP contribution in [0.3, 0.4) is 0 Å². The number of nitrogens with zero attached hydrogens (tertiary/aromatic N) is 1. The van der Waals surface area contributed by atoms with Crippen molar-refractivity contribution >= 4 is 5.97 Å². The van der Waals surface area contributed by atoms with E-state index in [-0.39, 0.29) is 5.97 Å². The van der Waals surface area contributed by atoms with Crippen molar-refractivity contribution in [3.05, 3.63) is 0 Å². The summed E-state index contributed by atoms with van der Waals surface area (Å²) in [6, 6.07) is 0. The van der Waals surface area contributed by atoms with Gasteiger partial charge in [0.25, 0.3) is 0 Å². The Kier molecular flexibility index (Phi) is 8.51. The first-order chi connectivity index (χ1) is 6.66. The van der Waals surface area contributed by atoms with E-state index in [2.05, 4.69) is 5.32 Å². The minimum Gasteiger partial charge on any atom is -0.464 e. The molecule has 0 heterocycles. The molecule has 0 rings (SSSR count). The maximum absolute atomic E-state index is 11.1. The van der Waals surface area contributed by atoms with E-state index in [0.29, 0.717) is 26.1 Å². The number of carbonyl (C=O) groups excluding carboxylic acids is 1. The van der Waals surface area contributed by atoms with Crippen LogP contribution in [-0.4, -0.2) is 57.8 Å². The van der Waals surface area contributed by atoms with Crippen LogP contribution in [0.25, 0.3) is 0 Å². The van der Waals surface area contributed by atoms with Crippen LogP contribution in [0.4, 0.5) is 0 Å². The fourth-order valence-electron chi connectivity index (χ4n) is 0.832. The van der Waals surface area contributed by atoms with Crippen molar-refractivity contribution in [2.45, 2.75) is 6.42 Å². The second-order valence-electron chi connectivity index (χ2n) is 3.31. The number of nitrogens with two attached hydrogens (primary N) is 1. The summed E-state index contributed by atoms with van der Waals surface area (Å²) >= 11 is 0. The molecule has 3 N–H and O–H groups in total. The molecule has 84 valence electrons. The predicted octanol–water partition coefficient (Wildman–Crippen LogP) is -0.970. The van der Waals surface area contributed by atoms with Crippen molar-refractivity contribution in [1.82, 2.24) is 10.2 Å². The lowest BCUT2D eigenvalue weighted by molar-refractivity contribution is -0.143. The normalized spacial score (nSPS) is 10.6. The Hall–Kier alpha value is -0.650. The molecule has 0 aromatic heterocycles. The average Bonchev–Trinajstić information content (AvgIpc) is 2.12. The van der Waals surface area contributed by atoms with Crippen LogP contribution in [0.5, 0.6) is 0 Å². The summed E-state index contributed by atoms with van der Waals surface area (Å²) in [6.45, 7) is 3.20. The Balaban J connectivity index is 3.20. The molecule has 0 saturated heterocycles. The highest BCUT2D eigenvalue weighted by Gasteiger charge is 2.01. The van der Waals surface area contributed by atoms with Crippen molar-refractivity contribution < 1.29 is 9.53 Å². The third-order valence-corrected chi connectivity index (χ3v) is 1.63. The highest BCUT2D eigenvalue weighted by atomic mass is 16.5. The van der Waals surface area contributed by atoms with E-state index < -0.39 is 0 Å². The summed E-state index contributed by atoms with van der Waals surface area (Å²) in [7, 11) is 3.88. The lowest BCUT2D eigenvalue weighted by atomic mass is 10.4. The molecular formula is C9H21N3O2. The minimum atomic E-state index is -0.156. The first kappa shape index (κ1) is 13.4. The van der Waals surface area contributed by atoms with Crippen LogP contribution >= 0.6 is 0 Å². The molecule has 0 aromatic carbocycles. The summed E-state index contributed by atoms with van der Waals surface area (Å²) < 4.78 is 4.98. The standard InChI is InChI=1S/C9H21N3O2/c1-12(2)7-8-14-9(13)3-5-11-6-4-10/h11H,3-8,10H2,1-2H3. The SMILES string of the molecule is CN(C)CCOC(=O)CCNCCN. The smallest absolute Gasteiger partial charge is 0.307 e. The number of nitrogens with one attached hydrogen (secondary N) is 1. The van der Waals surface area contributed by atoms with Gasteiger partial charge in [-0.05, 0) is 14.1 Å². The first-order valence-electron chi connectivity index (χ1n) is 4.88. The molecule has 0 aliphatic carbocycles. The maximum atomic E-state index is 11.1. The van der Waals surface area contributed by atoms with Gasteiger partial charge in [-0.2, -0.15) is 0 Å². The van der Waals surface area contributed by atoms with Gasteiger partial charge in [-0.3, -0.25) is 4.79 Å². The maximum Gasteiger partial charge on any atom is 0.307 e. The summed E-state index contributed by atoms with van der Waals surface area (Å²) in [5.74, 6) is -0.156. The number of hydrogen-bond donors (Lipinski definition) is 2. The van der Waals surface area contributed by atoms with Crippen molar-refractivity contribution in [1.29, 1.82) is 0 Å². The number of carbonyl (C=O) groups is 1. The molecule has 0 radical (unpaired) electrons. The fraction of sp³-hybridized carbons (Fsp3) is 0.889. The lowest BCUT2D eigenvalue weighted by Gasteiger charge is -2.09. The van der Waals surface area contributed by atoms with Gasteiger partial charge in [-0.1, -0.05) is 0 Å². The third-order valence-electron chi connectivity index (χ3n) is 1.63. The van der Waals surface area contributed by atoms with E-state index in [1.807, 2.05) is 19.0 Å². The van der Waals surface area contributed by atoms with E-state index in [1.165, 1.54) is 0 Å². The summed E-state index contributed by atoms with van der Waals surface area (Å²) in [5.41, 5.74) is 5.27. The number of ether oxygens (including phenoxy) is 1. The van der Waals surface area contributed by atoms with E-state index >= 15 is 0 Å². The Morgan fingerprint density at radius 2 is 2.14 bits per heavy atom. The van der Waals surface area contributed by atoms with Crippen LogP contribution < -0.4 is 11.1 Å². The van der Waals surface area contributed by atoms with Gasteiger partial charge in [0.2, 0.25) is 0 Å². The van der Waals surface area contributed by atoms with Crippen LogP contribution in [0.15, 0.2) is 0 Å². The molecule has 0 aliphatic heterocycles. The van der Waals surface area contributed by atoms with Gasteiger partial charge in [0.05, 0.1) is 6.42 Å². The third kappa shape index (κ3) is 9.44. The topological polar surface area (TPSA) is 67.6 Å². The zero-order valence-corrected chi connectivity index (χ0v) is 9.08. The largest absolute Gasteiger partial charge is 0.464 e. The molecular weight excluding hydrogens is 182 g/mol. The molecule has 0 aromatic rings. The number of likely N-dealkylation sites (N-methyl/N-ethyl adjacent to an activating group) is 1. The molecule has 0 unspecified atom stereocenters. The van der Waals surface area contributed by atoms with E-state index in [1.54, 1.807) is 0 Å². The van der Waals surface area contributed by atoms with Crippen molar-refractivity contribution in [3.8, 4) is 0 Å². The van der Waals surface area contributed by atoms with Crippen molar-refractivity contribution in [2.24, 2.45) is 5.73 Å². The van der Waals surface area contributed by atoms with Crippen molar-refractivity contribution in [3.63, 3.8) is 0 Å². The Bertz CT molecular complexity index is 151. The Morgan fingerprint density at radius 3 is 2.71 bits per heavy atom. The van der Waals surface area contributed by atoms with Gasteiger partial charge in [0.1, 0.15) is 6.61 Å². The van der Waals surface area contributed by atoms with Gasteiger partial charge in [0, 0.05) is 26.2 Å². The Morgan fingerprint density at radius 1 is 1.43 bits per heavy atom. The average molecular weight is 203 g/mol. The van der Waals surface area contributed by atoms with Crippen molar-refractivity contribution in [2.75, 3.05) is 46.9 Å². The monoisotopic (exact) mass is 203 g/mol. The zero-order chi connectivity index (χ0) is 10.8. The second kappa shape index (κ2) is 8.93. The predicted molar refractivity (Wildman–Crippen MR) is 56.1 cm³/mol. The quantitative estimate of drug-likeness (QED) is 0.392. The van der Waals surface area contributed by atoms with Crippen LogP contribution in [0.1, 0.15) is 6.42 Å². The van der Waals surface area contributed by atoms with Crippen LogP contribution in [-0.2, 0) is 9.53 Å². The number of esters is 1. The van der Waals surface area contributed by atoms with Gasteiger partial charge in [-0.25, -0.2) is 0 Å². The highest BCUT2D eigenvalue weighted by Crippen LogP contribution is 1.85. The van der Waals surface area contributed by atoms with Gasteiger partial charge in [0.15, 0.2) is 0 Å². The summed E-state index contributed by atoms with van der Waals surface area (Å²) in [6.07, 6.45) is 0.410. The van der Waals surface area contributed by atoms with Gasteiger partial charge >= 0.3 is 5.97 Å². The molecule has 0 spiro atoms. The fourth-order valence-corrected chi connectivity index (χ4v) is 0.832. The molecule has 0 fully saturated rings. The Labute approximate surface area is 85.6 Å². The summed E-state index contributed by atoms with van der Waals surface area (Å²) in [5, 5.41) is 3.03. The molecule has 0 amide bonds. The minimum absolute atomic E-state index is 0.156. The second-order valence-corrected chi connectivity index (χ2v) is 3.31. The summed E-state index contributed by atoms with van der Waals surface area (Å²) in [4.78, 5) is 13.0.